The zero-order valence-electron chi connectivity index (χ0n) is 18.0. The van der Waals surface area contributed by atoms with Gasteiger partial charge in [-0.05, 0) is 56.3 Å². The van der Waals surface area contributed by atoms with Gasteiger partial charge in [-0.2, -0.15) is 5.10 Å². The van der Waals surface area contributed by atoms with Crippen molar-refractivity contribution in [2.24, 2.45) is 0 Å². The fourth-order valence-corrected chi connectivity index (χ4v) is 3.10. The predicted octanol–water partition coefficient (Wildman–Crippen LogP) is 3.21. The highest BCUT2D eigenvalue weighted by atomic mass is 19.1. The molecule has 0 radical (unpaired) electrons. The number of anilines is 1. The highest BCUT2D eigenvalue weighted by molar-refractivity contribution is 5.99. The van der Waals surface area contributed by atoms with Crippen molar-refractivity contribution in [3.8, 4) is 5.69 Å². The van der Waals surface area contributed by atoms with Gasteiger partial charge in [-0.1, -0.05) is 6.07 Å². The molecule has 0 aliphatic heterocycles. The number of rotatable bonds is 7. The van der Waals surface area contributed by atoms with Crippen LogP contribution in [-0.4, -0.2) is 52.7 Å². The maximum absolute atomic E-state index is 13.2. The Balaban J connectivity index is 1.66. The van der Waals surface area contributed by atoms with Crippen molar-refractivity contribution in [2.45, 2.75) is 13.8 Å². The van der Waals surface area contributed by atoms with Crippen LogP contribution < -0.4 is 5.32 Å². The second-order valence-corrected chi connectivity index (χ2v) is 7.04. The van der Waals surface area contributed by atoms with E-state index >= 15 is 0 Å². The number of halogens is 1. The van der Waals surface area contributed by atoms with Crippen LogP contribution in [-0.2, 0) is 9.53 Å². The van der Waals surface area contributed by atoms with Gasteiger partial charge in [0.2, 0.25) is 5.91 Å². The molecule has 3 aromatic rings. The molecule has 0 unspecified atom stereocenters. The summed E-state index contributed by atoms with van der Waals surface area (Å²) in [5.41, 5.74) is 2.35. The number of carbonyl (C=O) groups is 3. The normalized spacial score (nSPS) is 10.5. The number of carbonyl (C=O) groups excluding carboxylic acids is 3. The smallest absolute Gasteiger partial charge is 0.341 e. The highest BCUT2D eigenvalue weighted by Crippen LogP contribution is 2.17. The number of amides is 2. The summed E-state index contributed by atoms with van der Waals surface area (Å²) in [4.78, 5) is 38.1. The third kappa shape index (κ3) is 5.18. The van der Waals surface area contributed by atoms with Gasteiger partial charge in [-0.3, -0.25) is 9.59 Å². The zero-order valence-corrected chi connectivity index (χ0v) is 18.0. The third-order valence-electron chi connectivity index (χ3n) is 4.70. The molecular weight excluding hydrogens is 415 g/mol. The largest absolute Gasteiger partial charge is 0.462 e. The second kappa shape index (κ2) is 9.86. The molecule has 0 atom stereocenters. The van der Waals surface area contributed by atoms with E-state index in [-0.39, 0.29) is 19.1 Å². The van der Waals surface area contributed by atoms with Gasteiger partial charge in [-0.15, -0.1) is 0 Å². The number of hydrogen-bond acceptors (Lipinski definition) is 5. The summed E-state index contributed by atoms with van der Waals surface area (Å²) in [5.74, 6) is -1.70. The van der Waals surface area contributed by atoms with Gasteiger partial charge in [0.1, 0.15) is 11.4 Å². The van der Waals surface area contributed by atoms with Crippen LogP contribution in [0.15, 0.2) is 54.7 Å². The average Bonchev–Trinajstić information content (AvgIpc) is 3.14. The van der Waals surface area contributed by atoms with E-state index in [1.807, 2.05) is 0 Å². The van der Waals surface area contributed by atoms with E-state index in [9.17, 15) is 18.8 Å². The van der Waals surface area contributed by atoms with E-state index < -0.39 is 17.7 Å². The number of aromatic nitrogens is 2. The molecule has 0 aliphatic rings. The lowest BCUT2D eigenvalue weighted by molar-refractivity contribution is -0.116. The van der Waals surface area contributed by atoms with E-state index in [0.29, 0.717) is 28.2 Å². The van der Waals surface area contributed by atoms with Crippen molar-refractivity contribution in [2.75, 3.05) is 25.5 Å². The SMILES string of the molecule is CCOC(=O)c1cnn(-c2ccc(C(=O)N(C)CC(=O)Nc3cccc(F)c3)cc2)c1C. The van der Waals surface area contributed by atoms with Gasteiger partial charge in [0.25, 0.3) is 5.91 Å². The first-order chi connectivity index (χ1) is 15.3. The Labute approximate surface area is 184 Å². The van der Waals surface area contributed by atoms with Crippen LogP contribution in [0.2, 0.25) is 0 Å². The van der Waals surface area contributed by atoms with Crippen molar-refractivity contribution in [3.05, 3.63) is 77.4 Å². The van der Waals surface area contributed by atoms with Crippen molar-refractivity contribution in [1.82, 2.24) is 14.7 Å². The second-order valence-electron chi connectivity index (χ2n) is 7.04. The minimum Gasteiger partial charge on any atom is -0.462 e. The van der Waals surface area contributed by atoms with Crippen molar-refractivity contribution in [1.29, 1.82) is 0 Å². The quantitative estimate of drug-likeness (QED) is 0.572. The van der Waals surface area contributed by atoms with Gasteiger partial charge in [0.15, 0.2) is 0 Å². The molecule has 0 fully saturated rings. The minimum atomic E-state index is -0.464. The fraction of sp³-hybridized carbons (Fsp3) is 0.217. The van der Waals surface area contributed by atoms with Crippen LogP contribution in [0.5, 0.6) is 0 Å². The lowest BCUT2D eigenvalue weighted by atomic mass is 10.1. The maximum Gasteiger partial charge on any atom is 0.341 e. The van der Waals surface area contributed by atoms with E-state index in [0.717, 1.165) is 0 Å². The Kier molecular flexibility index (Phi) is 6.99. The maximum atomic E-state index is 13.2. The molecule has 9 heteroatoms. The molecule has 8 nitrogen and oxygen atoms in total. The third-order valence-corrected chi connectivity index (χ3v) is 4.70. The number of nitrogens with zero attached hydrogens (tertiary/aromatic N) is 3. The first-order valence-electron chi connectivity index (χ1n) is 9.93. The van der Waals surface area contributed by atoms with Crippen LogP contribution in [0.3, 0.4) is 0 Å². The van der Waals surface area contributed by atoms with E-state index in [2.05, 4.69) is 10.4 Å². The molecule has 166 valence electrons. The molecule has 32 heavy (non-hydrogen) atoms. The Morgan fingerprint density at radius 1 is 1.16 bits per heavy atom. The molecule has 2 amide bonds. The van der Waals surface area contributed by atoms with Gasteiger partial charge >= 0.3 is 5.97 Å². The summed E-state index contributed by atoms with van der Waals surface area (Å²) < 4.78 is 19.8. The Morgan fingerprint density at radius 2 is 1.88 bits per heavy atom. The molecule has 2 aromatic carbocycles. The van der Waals surface area contributed by atoms with Crippen molar-refractivity contribution in [3.63, 3.8) is 0 Å². The summed E-state index contributed by atoms with van der Waals surface area (Å²) >= 11 is 0. The number of benzene rings is 2. The fourth-order valence-electron chi connectivity index (χ4n) is 3.10. The van der Waals surface area contributed by atoms with Crippen LogP contribution in [0.1, 0.15) is 33.3 Å². The standard InChI is InChI=1S/C23H23FN4O4/c1-4-32-23(31)20-13-25-28(15(20)2)19-10-8-16(9-11-19)22(30)27(3)14-21(29)26-18-7-5-6-17(24)12-18/h5-13H,4,14H2,1-3H3,(H,26,29). The van der Waals surface area contributed by atoms with Crippen LogP contribution in [0, 0.1) is 12.7 Å². The average molecular weight is 438 g/mol. The summed E-state index contributed by atoms with van der Waals surface area (Å²) in [5, 5.41) is 6.78. The van der Waals surface area contributed by atoms with E-state index in [1.165, 1.54) is 36.3 Å². The predicted molar refractivity (Wildman–Crippen MR) is 116 cm³/mol. The molecule has 0 aliphatic carbocycles. The molecule has 1 N–H and O–H groups in total. The summed E-state index contributed by atoms with van der Waals surface area (Å²) in [6.45, 7) is 3.56. The molecule has 0 bridgehead atoms. The molecule has 1 aromatic heterocycles. The van der Waals surface area contributed by atoms with Crippen LogP contribution in [0.25, 0.3) is 5.69 Å². The summed E-state index contributed by atoms with van der Waals surface area (Å²) in [6, 6.07) is 12.1. The Hall–Kier alpha value is -4.01. The molecule has 3 rings (SSSR count). The molecule has 1 heterocycles. The Morgan fingerprint density at radius 3 is 2.53 bits per heavy atom. The number of likely N-dealkylation sites (N-methyl/N-ethyl adjacent to an activating group) is 1. The Bertz CT molecular complexity index is 1140. The van der Waals surface area contributed by atoms with Gasteiger partial charge in [0, 0.05) is 18.3 Å². The molecule has 0 saturated carbocycles. The lowest BCUT2D eigenvalue weighted by Gasteiger charge is -2.17. The zero-order chi connectivity index (χ0) is 23.3. The number of esters is 1. The van der Waals surface area contributed by atoms with Crippen LogP contribution >= 0.6 is 0 Å². The molecular formula is C23H23FN4O4. The number of nitrogens with one attached hydrogen (secondary N) is 1. The van der Waals surface area contributed by atoms with E-state index in [1.54, 1.807) is 48.9 Å². The first kappa shape index (κ1) is 22.7. The van der Waals surface area contributed by atoms with Crippen molar-refractivity contribution < 1.29 is 23.5 Å². The first-order valence-corrected chi connectivity index (χ1v) is 9.93. The van der Waals surface area contributed by atoms with Gasteiger partial charge in [0.05, 0.1) is 30.7 Å². The lowest BCUT2D eigenvalue weighted by Crippen LogP contribution is -2.34. The van der Waals surface area contributed by atoms with Gasteiger partial charge < -0.3 is 15.0 Å². The van der Waals surface area contributed by atoms with Gasteiger partial charge in [-0.25, -0.2) is 13.9 Å². The highest BCUT2D eigenvalue weighted by Gasteiger charge is 2.18. The molecule has 0 spiro atoms. The monoisotopic (exact) mass is 438 g/mol. The number of hydrogen-bond donors (Lipinski definition) is 1. The summed E-state index contributed by atoms with van der Waals surface area (Å²) in [7, 11) is 1.50. The molecule has 0 saturated heterocycles. The van der Waals surface area contributed by atoms with Crippen LogP contribution in [0.4, 0.5) is 10.1 Å². The topological polar surface area (TPSA) is 93.5 Å². The minimum absolute atomic E-state index is 0.196. The van der Waals surface area contributed by atoms with Crippen molar-refractivity contribution >= 4 is 23.5 Å². The summed E-state index contributed by atoms with van der Waals surface area (Å²) in [6.07, 6.45) is 1.44. The number of ether oxygens (including phenoxy) is 1. The van der Waals surface area contributed by atoms with E-state index in [4.69, 9.17) is 4.74 Å².